The topological polar surface area (TPSA) is 96.3 Å². The summed E-state index contributed by atoms with van der Waals surface area (Å²) in [6, 6.07) is 6.24. The molecule has 118 valence electrons. The van der Waals surface area contributed by atoms with Crippen LogP contribution in [0.1, 0.15) is 13.3 Å². The van der Waals surface area contributed by atoms with E-state index in [1.807, 2.05) is 0 Å². The Morgan fingerprint density at radius 3 is 2.62 bits per heavy atom. The molecule has 0 aliphatic carbocycles. The van der Waals surface area contributed by atoms with Crippen LogP contribution in [0.5, 0.6) is 0 Å². The molecule has 1 rings (SSSR count). The lowest BCUT2D eigenvalue weighted by atomic mass is 10.2. The summed E-state index contributed by atoms with van der Waals surface area (Å²) in [6.45, 7) is 4.26. The second-order valence-electron chi connectivity index (χ2n) is 4.23. The summed E-state index contributed by atoms with van der Waals surface area (Å²) in [4.78, 5) is 21.9. The first-order valence-electron chi connectivity index (χ1n) is 6.60. The molecule has 3 N–H and O–H groups in total. The zero-order valence-electron chi connectivity index (χ0n) is 11.9. The van der Waals surface area contributed by atoms with Gasteiger partial charge in [0, 0.05) is 19.2 Å². The van der Waals surface area contributed by atoms with E-state index in [1.54, 1.807) is 18.2 Å². The Bertz CT molecular complexity index is 457. The number of hydrogen-bond donors (Lipinski definition) is 3. The molecule has 0 aliphatic rings. The maximum atomic E-state index is 11.6. The van der Waals surface area contributed by atoms with Gasteiger partial charge in [-0.3, -0.25) is 14.9 Å². The third-order valence-corrected chi connectivity index (χ3v) is 2.59. The Labute approximate surface area is 130 Å². The van der Waals surface area contributed by atoms with E-state index in [-0.39, 0.29) is 30.5 Å². The minimum atomic E-state index is -0.477. The summed E-state index contributed by atoms with van der Waals surface area (Å²) in [5, 5.41) is 19.5. The Balaban J connectivity index is 0.00000400. The maximum absolute atomic E-state index is 11.6. The lowest BCUT2D eigenvalue weighted by Gasteiger charge is -2.08. The van der Waals surface area contributed by atoms with Crippen LogP contribution in [-0.4, -0.2) is 37.0 Å². The van der Waals surface area contributed by atoms with Crippen LogP contribution >= 0.6 is 12.4 Å². The van der Waals surface area contributed by atoms with Gasteiger partial charge in [-0.15, -0.1) is 12.4 Å². The minimum Gasteiger partial charge on any atom is -0.371 e. The molecule has 1 aromatic carbocycles. The molecule has 7 nitrogen and oxygen atoms in total. The van der Waals surface area contributed by atoms with Crippen LogP contribution < -0.4 is 16.0 Å². The number of carbonyl (C=O) groups excluding carboxylic acids is 1. The molecule has 0 radical (unpaired) electrons. The zero-order valence-corrected chi connectivity index (χ0v) is 12.7. The van der Waals surface area contributed by atoms with Crippen LogP contribution in [-0.2, 0) is 4.79 Å². The molecule has 8 heteroatoms. The van der Waals surface area contributed by atoms with Crippen molar-refractivity contribution in [2.45, 2.75) is 13.3 Å². The molecule has 1 aromatic rings. The first-order valence-corrected chi connectivity index (χ1v) is 6.60. The van der Waals surface area contributed by atoms with Gasteiger partial charge in [-0.25, -0.2) is 0 Å². The Morgan fingerprint density at radius 2 is 1.95 bits per heavy atom. The van der Waals surface area contributed by atoms with Crippen LogP contribution in [0, 0.1) is 10.1 Å². The predicted octanol–water partition coefficient (Wildman–Crippen LogP) is 1.54. The number of halogens is 1. The predicted molar refractivity (Wildman–Crippen MR) is 85.0 cm³/mol. The first-order chi connectivity index (χ1) is 9.65. The number of rotatable bonds is 9. The number of nitro groups is 1. The van der Waals surface area contributed by atoms with Gasteiger partial charge in [0.25, 0.3) is 5.69 Å². The average Bonchev–Trinajstić information content (AvgIpc) is 2.45. The van der Waals surface area contributed by atoms with Crippen LogP contribution in [0.3, 0.4) is 0 Å². The van der Waals surface area contributed by atoms with Gasteiger partial charge in [-0.1, -0.05) is 19.1 Å². The van der Waals surface area contributed by atoms with E-state index >= 15 is 0 Å². The van der Waals surface area contributed by atoms with Gasteiger partial charge in [-0.2, -0.15) is 0 Å². The highest BCUT2D eigenvalue weighted by Gasteiger charge is 2.12. The van der Waals surface area contributed by atoms with Gasteiger partial charge >= 0.3 is 0 Å². The van der Waals surface area contributed by atoms with Crippen molar-refractivity contribution in [2.24, 2.45) is 0 Å². The van der Waals surface area contributed by atoms with E-state index in [1.165, 1.54) is 6.07 Å². The fourth-order valence-electron chi connectivity index (χ4n) is 1.61. The molecule has 1 amide bonds. The van der Waals surface area contributed by atoms with Gasteiger partial charge in [-0.05, 0) is 19.0 Å². The average molecular weight is 317 g/mol. The smallest absolute Gasteiger partial charge is 0.292 e. The number of hydrogen-bond acceptors (Lipinski definition) is 5. The second-order valence-corrected chi connectivity index (χ2v) is 4.23. The molecule has 0 aromatic heterocycles. The Kier molecular flexibility index (Phi) is 9.91. The van der Waals surface area contributed by atoms with Gasteiger partial charge < -0.3 is 16.0 Å². The number of amides is 1. The molecular weight excluding hydrogens is 296 g/mol. The van der Waals surface area contributed by atoms with Crippen LogP contribution in [0.15, 0.2) is 24.3 Å². The Hall–Kier alpha value is -1.86. The van der Waals surface area contributed by atoms with Crippen LogP contribution in [0.25, 0.3) is 0 Å². The van der Waals surface area contributed by atoms with E-state index in [0.717, 1.165) is 13.0 Å². The number of carbonyl (C=O) groups is 1. The van der Waals surface area contributed by atoms with E-state index in [2.05, 4.69) is 22.9 Å². The summed E-state index contributed by atoms with van der Waals surface area (Å²) >= 11 is 0. The molecule has 0 fully saturated rings. The number of benzene rings is 1. The molecule has 0 atom stereocenters. The summed E-state index contributed by atoms with van der Waals surface area (Å²) in [5.41, 5.74) is 0.307. The van der Waals surface area contributed by atoms with Gasteiger partial charge in [0.05, 0.1) is 11.5 Å². The minimum absolute atomic E-state index is 0. The molecule has 0 aliphatic heterocycles. The van der Waals surface area contributed by atoms with Crippen molar-refractivity contribution in [3.8, 4) is 0 Å². The van der Waals surface area contributed by atoms with E-state index in [4.69, 9.17) is 0 Å². The highest BCUT2D eigenvalue weighted by molar-refractivity contribution is 5.85. The third-order valence-electron chi connectivity index (χ3n) is 2.59. The third kappa shape index (κ3) is 7.48. The summed E-state index contributed by atoms with van der Waals surface area (Å²) in [5.74, 6) is -0.193. The first kappa shape index (κ1) is 19.1. The van der Waals surface area contributed by atoms with Crippen molar-refractivity contribution < 1.29 is 9.72 Å². The number of nitrogens with zero attached hydrogens (tertiary/aromatic N) is 1. The molecule has 0 bridgehead atoms. The molecule has 0 saturated heterocycles. The molecule has 21 heavy (non-hydrogen) atoms. The fraction of sp³-hybridized carbons (Fsp3) is 0.462. The molecule has 0 heterocycles. The number of anilines is 1. The van der Waals surface area contributed by atoms with Crippen molar-refractivity contribution in [3.05, 3.63) is 34.4 Å². The number of para-hydroxylation sites is 2. The summed E-state index contributed by atoms with van der Waals surface area (Å²) < 4.78 is 0. The lowest BCUT2D eigenvalue weighted by molar-refractivity contribution is -0.383. The van der Waals surface area contributed by atoms with Crippen LogP contribution in [0.2, 0.25) is 0 Å². The van der Waals surface area contributed by atoms with Gasteiger partial charge in [0.1, 0.15) is 5.69 Å². The SMILES string of the molecule is CCCNCCNC(=O)CNc1ccccc1[N+](=O)[O-].Cl. The van der Waals surface area contributed by atoms with Crippen molar-refractivity contribution >= 4 is 29.7 Å². The van der Waals surface area contributed by atoms with Crippen molar-refractivity contribution in [1.82, 2.24) is 10.6 Å². The summed E-state index contributed by atoms with van der Waals surface area (Å²) in [6.07, 6.45) is 1.05. The summed E-state index contributed by atoms with van der Waals surface area (Å²) in [7, 11) is 0. The van der Waals surface area contributed by atoms with E-state index in [9.17, 15) is 14.9 Å². The highest BCUT2D eigenvalue weighted by Crippen LogP contribution is 2.22. The number of nitro benzene ring substituents is 1. The zero-order chi connectivity index (χ0) is 14.8. The Morgan fingerprint density at radius 1 is 1.24 bits per heavy atom. The van der Waals surface area contributed by atoms with E-state index < -0.39 is 4.92 Å². The highest BCUT2D eigenvalue weighted by atomic mass is 35.5. The molecular formula is C13H21ClN4O3. The molecule has 0 spiro atoms. The second kappa shape index (κ2) is 10.9. The monoisotopic (exact) mass is 316 g/mol. The normalized spacial score (nSPS) is 9.57. The standard InChI is InChI=1S/C13H20N4O3.ClH/c1-2-7-14-8-9-15-13(18)10-16-11-5-3-4-6-12(11)17(19)20;/h3-6,14,16H,2,7-10H2,1H3,(H,15,18);1H. The van der Waals surface area contributed by atoms with Crippen molar-refractivity contribution in [3.63, 3.8) is 0 Å². The van der Waals surface area contributed by atoms with Gasteiger partial charge in [0.2, 0.25) is 5.91 Å². The fourth-order valence-corrected chi connectivity index (χ4v) is 1.61. The largest absolute Gasteiger partial charge is 0.371 e. The number of nitrogens with one attached hydrogen (secondary N) is 3. The quantitative estimate of drug-likeness (QED) is 0.365. The molecule has 0 saturated carbocycles. The van der Waals surface area contributed by atoms with Crippen LogP contribution in [0.4, 0.5) is 11.4 Å². The van der Waals surface area contributed by atoms with Crippen molar-refractivity contribution in [1.29, 1.82) is 0 Å². The lowest BCUT2D eigenvalue weighted by Crippen LogP contribution is -2.35. The molecule has 0 unspecified atom stereocenters. The maximum Gasteiger partial charge on any atom is 0.292 e. The van der Waals surface area contributed by atoms with Gasteiger partial charge in [0.15, 0.2) is 0 Å². The van der Waals surface area contributed by atoms with E-state index in [0.29, 0.717) is 18.8 Å². The van der Waals surface area contributed by atoms with Crippen molar-refractivity contribution in [2.75, 3.05) is 31.5 Å².